The normalized spacial score (nSPS) is 11.0. The van der Waals surface area contributed by atoms with E-state index < -0.39 is 17.5 Å². The number of hydrogen-bond donors (Lipinski definition) is 1. The molecule has 0 spiro atoms. The first-order valence-electron chi connectivity index (χ1n) is 5.50. The molecule has 2 aromatic carbocycles. The lowest BCUT2D eigenvalue weighted by atomic mass is 10.3. The molecule has 0 aliphatic heterocycles. The SMILES string of the molecule is Fc1cc(Nc2nc3ccc(Cl)cc3s2)cc(F)c1F. The number of fused-ring (bicyclic) bond motifs is 1. The Balaban J connectivity index is 1.96. The van der Waals surface area contributed by atoms with Crippen LogP contribution in [0.3, 0.4) is 0 Å². The summed E-state index contributed by atoms with van der Waals surface area (Å²) in [7, 11) is 0. The fourth-order valence-electron chi connectivity index (χ4n) is 1.70. The van der Waals surface area contributed by atoms with Crippen LogP contribution in [-0.2, 0) is 0 Å². The Morgan fingerprint density at radius 1 is 1.05 bits per heavy atom. The molecule has 1 heterocycles. The first-order valence-corrected chi connectivity index (χ1v) is 6.70. The van der Waals surface area contributed by atoms with Gasteiger partial charge in [0.15, 0.2) is 22.6 Å². The molecule has 0 amide bonds. The van der Waals surface area contributed by atoms with Gasteiger partial charge in [-0.25, -0.2) is 18.2 Å². The molecular formula is C13H6ClF3N2S. The van der Waals surface area contributed by atoms with Crippen molar-refractivity contribution in [2.75, 3.05) is 5.32 Å². The van der Waals surface area contributed by atoms with E-state index >= 15 is 0 Å². The average Bonchev–Trinajstić information content (AvgIpc) is 2.77. The molecule has 0 saturated carbocycles. The van der Waals surface area contributed by atoms with Gasteiger partial charge in [0.2, 0.25) is 0 Å². The molecule has 0 bridgehead atoms. The highest BCUT2D eigenvalue weighted by Gasteiger charge is 2.12. The fourth-order valence-corrected chi connectivity index (χ4v) is 2.87. The minimum absolute atomic E-state index is 0.0894. The van der Waals surface area contributed by atoms with Gasteiger partial charge in [0.05, 0.1) is 10.2 Å². The van der Waals surface area contributed by atoms with Gasteiger partial charge in [-0.15, -0.1) is 0 Å². The van der Waals surface area contributed by atoms with Crippen molar-refractivity contribution in [2.45, 2.75) is 0 Å². The molecule has 102 valence electrons. The van der Waals surface area contributed by atoms with E-state index in [2.05, 4.69) is 10.3 Å². The smallest absolute Gasteiger partial charge is 0.194 e. The minimum Gasteiger partial charge on any atom is -0.331 e. The van der Waals surface area contributed by atoms with E-state index in [-0.39, 0.29) is 5.69 Å². The van der Waals surface area contributed by atoms with E-state index in [0.717, 1.165) is 16.8 Å². The molecular weight excluding hydrogens is 309 g/mol. The predicted octanol–water partition coefficient (Wildman–Crippen LogP) is 5.11. The Bertz CT molecular complexity index is 780. The molecule has 0 unspecified atom stereocenters. The molecule has 0 fully saturated rings. The number of rotatable bonds is 2. The summed E-state index contributed by atoms with van der Waals surface area (Å²) in [5.41, 5.74) is 0.802. The van der Waals surface area contributed by atoms with Crippen molar-refractivity contribution < 1.29 is 13.2 Å². The predicted molar refractivity (Wildman–Crippen MR) is 74.2 cm³/mol. The molecule has 0 radical (unpaired) electrons. The van der Waals surface area contributed by atoms with Crippen molar-refractivity contribution >= 4 is 44.0 Å². The van der Waals surface area contributed by atoms with E-state index in [4.69, 9.17) is 11.6 Å². The summed E-state index contributed by atoms with van der Waals surface area (Å²) in [5, 5.41) is 3.75. The summed E-state index contributed by atoms with van der Waals surface area (Å²) in [6, 6.07) is 6.93. The van der Waals surface area contributed by atoms with Crippen LogP contribution in [0.5, 0.6) is 0 Å². The minimum atomic E-state index is -1.49. The number of nitrogens with zero attached hydrogens (tertiary/aromatic N) is 1. The molecule has 3 rings (SSSR count). The maximum Gasteiger partial charge on any atom is 0.194 e. The van der Waals surface area contributed by atoms with Gasteiger partial charge in [-0.05, 0) is 18.2 Å². The molecule has 1 N–H and O–H groups in total. The standard InChI is InChI=1S/C13H6ClF3N2S/c14-6-1-2-10-11(3-6)20-13(19-10)18-7-4-8(15)12(17)9(16)5-7/h1-5H,(H,18,19). The highest BCUT2D eigenvalue weighted by molar-refractivity contribution is 7.22. The second kappa shape index (κ2) is 4.96. The summed E-state index contributed by atoms with van der Waals surface area (Å²) in [5.74, 6) is -4.00. The number of halogens is 4. The van der Waals surface area contributed by atoms with Crippen LogP contribution in [0.15, 0.2) is 30.3 Å². The quantitative estimate of drug-likeness (QED) is 0.665. The number of nitrogens with one attached hydrogen (secondary N) is 1. The summed E-state index contributed by atoms with van der Waals surface area (Å²) in [6.45, 7) is 0. The van der Waals surface area contributed by atoms with Crippen LogP contribution < -0.4 is 5.32 Å². The lowest BCUT2D eigenvalue weighted by molar-refractivity contribution is 0.448. The number of aromatic nitrogens is 1. The molecule has 3 aromatic rings. The van der Waals surface area contributed by atoms with E-state index in [0.29, 0.717) is 15.7 Å². The third-order valence-corrected chi connectivity index (χ3v) is 3.75. The highest BCUT2D eigenvalue weighted by Crippen LogP contribution is 2.30. The molecule has 2 nitrogen and oxygen atoms in total. The van der Waals surface area contributed by atoms with Gasteiger partial charge in [0, 0.05) is 22.8 Å². The second-order valence-corrected chi connectivity index (χ2v) is 5.48. The van der Waals surface area contributed by atoms with E-state index in [1.165, 1.54) is 11.3 Å². The van der Waals surface area contributed by atoms with Crippen molar-refractivity contribution in [3.8, 4) is 0 Å². The largest absolute Gasteiger partial charge is 0.331 e. The third-order valence-electron chi connectivity index (χ3n) is 2.59. The first-order chi connectivity index (χ1) is 9.52. The van der Waals surface area contributed by atoms with Crippen molar-refractivity contribution in [3.05, 3.63) is 52.8 Å². The van der Waals surface area contributed by atoms with Crippen molar-refractivity contribution in [1.82, 2.24) is 4.98 Å². The van der Waals surface area contributed by atoms with Crippen LogP contribution in [0.1, 0.15) is 0 Å². The topological polar surface area (TPSA) is 24.9 Å². The van der Waals surface area contributed by atoms with Crippen LogP contribution in [0.4, 0.5) is 24.0 Å². The lowest BCUT2D eigenvalue weighted by Crippen LogP contribution is -1.95. The van der Waals surface area contributed by atoms with Gasteiger partial charge in [-0.2, -0.15) is 0 Å². The van der Waals surface area contributed by atoms with Crippen LogP contribution in [0.25, 0.3) is 10.2 Å². The number of thiazole rings is 1. The summed E-state index contributed by atoms with van der Waals surface area (Å²) >= 11 is 7.14. The zero-order chi connectivity index (χ0) is 14.3. The van der Waals surface area contributed by atoms with Crippen LogP contribution >= 0.6 is 22.9 Å². The highest BCUT2D eigenvalue weighted by atomic mass is 35.5. The van der Waals surface area contributed by atoms with Crippen molar-refractivity contribution in [3.63, 3.8) is 0 Å². The summed E-state index contributed by atoms with van der Waals surface area (Å²) < 4.78 is 39.9. The molecule has 7 heteroatoms. The van der Waals surface area contributed by atoms with Gasteiger partial charge >= 0.3 is 0 Å². The Morgan fingerprint density at radius 2 is 1.75 bits per heavy atom. The van der Waals surface area contributed by atoms with E-state index in [9.17, 15) is 13.2 Å². The van der Waals surface area contributed by atoms with Crippen molar-refractivity contribution in [1.29, 1.82) is 0 Å². The fraction of sp³-hybridized carbons (Fsp3) is 0. The van der Waals surface area contributed by atoms with Gasteiger partial charge in [-0.1, -0.05) is 22.9 Å². The Labute approximate surface area is 120 Å². The maximum absolute atomic E-state index is 13.1. The lowest BCUT2D eigenvalue weighted by Gasteiger charge is -2.03. The van der Waals surface area contributed by atoms with E-state index in [1.807, 2.05) is 0 Å². The zero-order valence-corrected chi connectivity index (χ0v) is 11.3. The first kappa shape index (κ1) is 13.2. The Kier molecular flexibility index (Phi) is 3.27. The maximum atomic E-state index is 13.1. The van der Waals surface area contributed by atoms with Gasteiger partial charge in [-0.3, -0.25) is 0 Å². The number of benzene rings is 2. The van der Waals surface area contributed by atoms with E-state index in [1.54, 1.807) is 18.2 Å². The van der Waals surface area contributed by atoms with Crippen molar-refractivity contribution in [2.24, 2.45) is 0 Å². The van der Waals surface area contributed by atoms with Crippen LogP contribution in [0.2, 0.25) is 5.02 Å². The van der Waals surface area contributed by atoms with Crippen LogP contribution in [-0.4, -0.2) is 4.98 Å². The average molecular weight is 315 g/mol. The zero-order valence-electron chi connectivity index (χ0n) is 9.75. The number of hydrogen-bond acceptors (Lipinski definition) is 3. The second-order valence-electron chi connectivity index (χ2n) is 4.01. The van der Waals surface area contributed by atoms with Gasteiger partial charge in [0.25, 0.3) is 0 Å². The van der Waals surface area contributed by atoms with Gasteiger partial charge in [0.1, 0.15) is 0 Å². The van der Waals surface area contributed by atoms with Crippen LogP contribution in [0, 0.1) is 17.5 Å². The molecule has 0 saturated heterocycles. The molecule has 0 aliphatic rings. The molecule has 0 atom stereocenters. The number of anilines is 2. The molecule has 20 heavy (non-hydrogen) atoms. The van der Waals surface area contributed by atoms with Gasteiger partial charge < -0.3 is 5.32 Å². The Morgan fingerprint density at radius 3 is 2.45 bits per heavy atom. The molecule has 0 aliphatic carbocycles. The third kappa shape index (κ3) is 2.44. The summed E-state index contributed by atoms with van der Waals surface area (Å²) in [6.07, 6.45) is 0. The monoisotopic (exact) mass is 314 g/mol. The summed E-state index contributed by atoms with van der Waals surface area (Å²) in [4.78, 5) is 4.24. The molecule has 1 aromatic heterocycles. The Hall–Kier alpha value is -1.79.